The Hall–Kier alpha value is -2.77. The van der Waals surface area contributed by atoms with E-state index in [2.05, 4.69) is 30.0 Å². The molecule has 1 saturated carbocycles. The lowest BCUT2D eigenvalue weighted by Crippen LogP contribution is -2.45. The maximum Gasteiger partial charge on any atom is 0.328 e. The van der Waals surface area contributed by atoms with Gasteiger partial charge in [0.05, 0.1) is 11.7 Å². The standard InChI is InChI=1S/C23H30N6O2/c1-16-9-10-21(27-26-16)28-13-4-7-18(28)15-31-22(30)20-14-17-6-2-3-8-19(17)29(20)23-24-11-5-12-25-23/h5,9-12,17-20H,2-4,6-8,13-15H2,1H3/t17-,18-,19-,20+/m1/s1. The second-order valence-corrected chi connectivity index (χ2v) is 8.97. The first-order valence-electron chi connectivity index (χ1n) is 11.5. The van der Waals surface area contributed by atoms with Crippen molar-refractivity contribution < 1.29 is 9.53 Å². The van der Waals surface area contributed by atoms with Gasteiger partial charge in [-0.2, -0.15) is 5.10 Å². The number of hydrogen-bond acceptors (Lipinski definition) is 8. The third kappa shape index (κ3) is 4.07. The monoisotopic (exact) mass is 422 g/mol. The number of anilines is 2. The molecule has 0 amide bonds. The first-order valence-corrected chi connectivity index (χ1v) is 11.5. The Morgan fingerprint density at radius 1 is 1.10 bits per heavy atom. The molecule has 8 heteroatoms. The van der Waals surface area contributed by atoms with E-state index in [1.807, 2.05) is 25.1 Å². The van der Waals surface area contributed by atoms with E-state index in [1.165, 1.54) is 19.3 Å². The molecule has 0 spiro atoms. The fourth-order valence-corrected chi connectivity index (χ4v) is 5.51. The van der Waals surface area contributed by atoms with E-state index in [1.54, 1.807) is 12.4 Å². The molecule has 4 atom stereocenters. The minimum absolute atomic E-state index is 0.145. The van der Waals surface area contributed by atoms with Crippen LogP contribution >= 0.6 is 0 Å². The molecule has 4 heterocycles. The van der Waals surface area contributed by atoms with Gasteiger partial charge in [0.25, 0.3) is 0 Å². The van der Waals surface area contributed by atoms with Gasteiger partial charge in [-0.1, -0.05) is 12.8 Å². The molecule has 31 heavy (non-hydrogen) atoms. The Labute approximate surface area is 183 Å². The third-order valence-electron chi connectivity index (χ3n) is 7.02. The van der Waals surface area contributed by atoms with Crippen molar-refractivity contribution in [2.75, 3.05) is 23.0 Å². The zero-order valence-electron chi connectivity index (χ0n) is 18.1. The summed E-state index contributed by atoms with van der Waals surface area (Å²) in [5.41, 5.74) is 0.900. The van der Waals surface area contributed by atoms with Gasteiger partial charge in [-0.15, -0.1) is 5.10 Å². The molecule has 0 bridgehead atoms. The highest BCUT2D eigenvalue weighted by atomic mass is 16.5. The molecule has 3 aliphatic rings. The van der Waals surface area contributed by atoms with Crippen LogP contribution in [0.1, 0.15) is 50.6 Å². The smallest absolute Gasteiger partial charge is 0.328 e. The van der Waals surface area contributed by atoms with Gasteiger partial charge < -0.3 is 14.5 Å². The normalized spacial score (nSPS) is 27.9. The van der Waals surface area contributed by atoms with Crippen LogP contribution in [0.15, 0.2) is 30.6 Å². The van der Waals surface area contributed by atoms with Crippen LogP contribution in [0.3, 0.4) is 0 Å². The van der Waals surface area contributed by atoms with E-state index in [9.17, 15) is 4.79 Å². The summed E-state index contributed by atoms with van der Waals surface area (Å²) in [6, 6.07) is 5.96. The van der Waals surface area contributed by atoms with Gasteiger partial charge >= 0.3 is 5.97 Å². The van der Waals surface area contributed by atoms with Gasteiger partial charge in [-0.25, -0.2) is 14.8 Å². The number of carbonyl (C=O) groups excluding carboxylic acids is 1. The summed E-state index contributed by atoms with van der Waals surface area (Å²) >= 11 is 0. The fraction of sp³-hybridized carbons (Fsp3) is 0.609. The number of aromatic nitrogens is 4. The summed E-state index contributed by atoms with van der Waals surface area (Å²) in [6.07, 6.45) is 11.1. The van der Waals surface area contributed by atoms with E-state index in [-0.39, 0.29) is 18.1 Å². The highest BCUT2D eigenvalue weighted by Crippen LogP contribution is 2.41. The van der Waals surface area contributed by atoms with Crippen molar-refractivity contribution in [1.29, 1.82) is 0 Å². The average Bonchev–Trinajstić information content (AvgIpc) is 3.43. The Balaban J connectivity index is 1.28. The Kier molecular flexibility index (Phi) is 5.70. The van der Waals surface area contributed by atoms with E-state index >= 15 is 0 Å². The molecular formula is C23H30N6O2. The van der Waals surface area contributed by atoms with Crippen molar-refractivity contribution in [3.05, 3.63) is 36.3 Å². The first kappa shape index (κ1) is 20.2. The second-order valence-electron chi connectivity index (χ2n) is 8.97. The van der Waals surface area contributed by atoms with Crippen molar-refractivity contribution in [2.24, 2.45) is 5.92 Å². The van der Waals surface area contributed by atoms with Crippen LogP contribution in [0.25, 0.3) is 0 Å². The lowest BCUT2D eigenvalue weighted by Gasteiger charge is -2.33. The molecule has 2 aromatic heterocycles. The molecule has 1 aliphatic carbocycles. The topological polar surface area (TPSA) is 84.3 Å². The van der Waals surface area contributed by atoms with Crippen LogP contribution in [0.2, 0.25) is 0 Å². The minimum Gasteiger partial charge on any atom is -0.462 e. The van der Waals surface area contributed by atoms with Gasteiger partial charge in [0, 0.05) is 25.0 Å². The summed E-state index contributed by atoms with van der Waals surface area (Å²) in [5.74, 6) is 1.87. The molecule has 8 nitrogen and oxygen atoms in total. The molecule has 2 aliphatic heterocycles. The Bertz CT molecular complexity index is 893. The van der Waals surface area contributed by atoms with Crippen LogP contribution in [0.4, 0.5) is 11.8 Å². The zero-order valence-corrected chi connectivity index (χ0v) is 18.1. The third-order valence-corrected chi connectivity index (χ3v) is 7.02. The lowest BCUT2D eigenvalue weighted by molar-refractivity contribution is -0.145. The predicted octanol–water partition coefficient (Wildman–Crippen LogP) is 2.92. The van der Waals surface area contributed by atoms with Crippen molar-refractivity contribution >= 4 is 17.7 Å². The SMILES string of the molecule is Cc1ccc(N2CCC[C@@H]2COC(=O)[C@@H]2C[C@H]3CCCC[C@H]3N2c2ncccn2)nn1. The zero-order chi connectivity index (χ0) is 21.2. The average molecular weight is 423 g/mol. The van der Waals surface area contributed by atoms with E-state index < -0.39 is 0 Å². The van der Waals surface area contributed by atoms with E-state index in [0.717, 1.165) is 43.7 Å². The first-order chi connectivity index (χ1) is 15.2. The molecule has 3 fully saturated rings. The molecule has 0 N–H and O–H groups in total. The second kappa shape index (κ2) is 8.77. The Morgan fingerprint density at radius 2 is 1.94 bits per heavy atom. The molecule has 5 rings (SSSR count). The van der Waals surface area contributed by atoms with E-state index in [0.29, 0.717) is 24.5 Å². The fourth-order valence-electron chi connectivity index (χ4n) is 5.51. The summed E-state index contributed by atoms with van der Waals surface area (Å²) in [5, 5.41) is 8.51. The summed E-state index contributed by atoms with van der Waals surface area (Å²) < 4.78 is 5.92. The quantitative estimate of drug-likeness (QED) is 0.680. The van der Waals surface area contributed by atoms with Crippen LogP contribution in [0, 0.1) is 12.8 Å². The number of hydrogen-bond donors (Lipinski definition) is 0. The molecule has 2 saturated heterocycles. The van der Waals surface area contributed by atoms with Crippen LogP contribution < -0.4 is 9.80 Å². The molecule has 0 aromatic carbocycles. The van der Waals surface area contributed by atoms with E-state index in [4.69, 9.17) is 4.74 Å². The van der Waals surface area contributed by atoms with Crippen LogP contribution in [0.5, 0.6) is 0 Å². The molecular weight excluding hydrogens is 392 g/mol. The number of fused-ring (bicyclic) bond motifs is 1. The molecule has 164 valence electrons. The number of aryl methyl sites for hydroxylation is 1. The van der Waals surface area contributed by atoms with Gasteiger partial charge in [-0.3, -0.25) is 0 Å². The van der Waals surface area contributed by atoms with Gasteiger partial charge in [0.2, 0.25) is 5.95 Å². The highest BCUT2D eigenvalue weighted by Gasteiger charge is 2.47. The number of carbonyl (C=O) groups is 1. The van der Waals surface area contributed by atoms with Crippen molar-refractivity contribution in [3.63, 3.8) is 0 Å². The summed E-state index contributed by atoms with van der Waals surface area (Å²) in [4.78, 5) is 26.5. The van der Waals surface area contributed by atoms with Crippen LogP contribution in [-0.4, -0.2) is 57.4 Å². The van der Waals surface area contributed by atoms with Crippen molar-refractivity contribution in [2.45, 2.75) is 70.0 Å². The van der Waals surface area contributed by atoms with Gasteiger partial charge in [0.15, 0.2) is 5.82 Å². The number of ether oxygens (including phenoxy) is 1. The summed E-state index contributed by atoms with van der Waals surface area (Å²) in [6.45, 7) is 3.22. The maximum atomic E-state index is 13.3. The number of rotatable bonds is 5. The largest absolute Gasteiger partial charge is 0.462 e. The van der Waals surface area contributed by atoms with Crippen molar-refractivity contribution in [3.8, 4) is 0 Å². The van der Waals surface area contributed by atoms with Gasteiger partial charge in [-0.05, 0) is 63.1 Å². The maximum absolute atomic E-state index is 13.3. The molecule has 0 radical (unpaired) electrons. The lowest BCUT2D eigenvalue weighted by atomic mass is 9.85. The molecule has 2 aromatic rings. The number of esters is 1. The van der Waals surface area contributed by atoms with Crippen LogP contribution in [-0.2, 0) is 9.53 Å². The molecule has 0 unspecified atom stereocenters. The van der Waals surface area contributed by atoms with Crippen molar-refractivity contribution in [1.82, 2.24) is 20.2 Å². The Morgan fingerprint density at radius 3 is 2.74 bits per heavy atom. The minimum atomic E-state index is -0.301. The predicted molar refractivity (Wildman–Crippen MR) is 117 cm³/mol. The number of nitrogens with zero attached hydrogens (tertiary/aromatic N) is 6. The highest BCUT2D eigenvalue weighted by molar-refractivity contribution is 5.80. The van der Waals surface area contributed by atoms with Gasteiger partial charge in [0.1, 0.15) is 12.6 Å². The summed E-state index contributed by atoms with van der Waals surface area (Å²) in [7, 11) is 0.